The minimum Gasteiger partial charge on any atom is -0.494 e. The number of nitrogens with two attached hydrogens (primary N) is 1. The van der Waals surface area contributed by atoms with Crippen LogP contribution in [0.1, 0.15) is 35.9 Å². The second kappa shape index (κ2) is 14.4. The first kappa shape index (κ1) is 31.7. The number of ether oxygens (including phenoxy) is 2. The van der Waals surface area contributed by atoms with Crippen LogP contribution in [0.15, 0.2) is 55.1 Å². The SMILES string of the molecule is C=CC(=O)Nc1cccc(Oc2nc(Nc3ccc(N4CCC(N5CCN(C)CC5)CC4)cc3OC)c(C(N)=O)nc2CC)c1. The number of aryl methyl sites for hydroxylation is 1. The maximum Gasteiger partial charge on any atom is 0.271 e. The van der Waals surface area contributed by atoms with E-state index < -0.39 is 5.91 Å². The number of rotatable bonds is 11. The molecule has 0 spiro atoms. The molecule has 0 atom stereocenters. The molecule has 238 valence electrons. The van der Waals surface area contributed by atoms with Crippen LogP contribution in [0, 0.1) is 0 Å². The van der Waals surface area contributed by atoms with Gasteiger partial charge in [-0.25, -0.2) is 4.98 Å². The van der Waals surface area contributed by atoms with Crippen molar-refractivity contribution >= 4 is 34.7 Å². The van der Waals surface area contributed by atoms with Gasteiger partial charge in [-0.3, -0.25) is 14.5 Å². The summed E-state index contributed by atoms with van der Waals surface area (Å²) < 4.78 is 11.9. The smallest absolute Gasteiger partial charge is 0.271 e. The molecule has 2 fully saturated rings. The van der Waals surface area contributed by atoms with E-state index in [9.17, 15) is 9.59 Å². The minimum absolute atomic E-state index is 0.0108. The third kappa shape index (κ3) is 7.70. The molecule has 2 aliphatic rings. The Balaban J connectivity index is 1.34. The first-order valence-electron chi connectivity index (χ1n) is 15.3. The molecule has 0 aliphatic carbocycles. The molecule has 12 heteroatoms. The molecule has 2 saturated heterocycles. The predicted molar refractivity (Wildman–Crippen MR) is 176 cm³/mol. The molecule has 2 aromatic carbocycles. The highest BCUT2D eigenvalue weighted by Gasteiger charge is 2.27. The van der Waals surface area contributed by atoms with Crippen LogP contribution in [0.5, 0.6) is 17.4 Å². The number of anilines is 4. The van der Waals surface area contributed by atoms with Crippen LogP contribution in [0.2, 0.25) is 0 Å². The number of piperazine rings is 1. The molecule has 2 amide bonds. The third-order valence-electron chi connectivity index (χ3n) is 8.32. The summed E-state index contributed by atoms with van der Waals surface area (Å²) in [6.45, 7) is 11.8. The fourth-order valence-electron chi connectivity index (χ4n) is 5.75. The number of hydrogen-bond acceptors (Lipinski definition) is 10. The van der Waals surface area contributed by atoms with E-state index in [0.29, 0.717) is 41.0 Å². The summed E-state index contributed by atoms with van der Waals surface area (Å²) in [6, 6.07) is 13.4. The van der Waals surface area contributed by atoms with Crippen molar-refractivity contribution in [3.63, 3.8) is 0 Å². The van der Waals surface area contributed by atoms with E-state index in [4.69, 9.17) is 15.2 Å². The maximum atomic E-state index is 12.4. The highest BCUT2D eigenvalue weighted by molar-refractivity contribution is 5.99. The number of piperidine rings is 1. The molecule has 0 bridgehead atoms. The highest BCUT2D eigenvalue weighted by atomic mass is 16.5. The molecule has 3 heterocycles. The zero-order chi connectivity index (χ0) is 31.9. The Morgan fingerprint density at radius 2 is 1.82 bits per heavy atom. The van der Waals surface area contributed by atoms with Gasteiger partial charge in [-0.2, -0.15) is 4.98 Å². The van der Waals surface area contributed by atoms with Gasteiger partial charge in [0, 0.05) is 68.8 Å². The van der Waals surface area contributed by atoms with Gasteiger partial charge in [0.15, 0.2) is 11.5 Å². The first-order chi connectivity index (χ1) is 21.8. The molecule has 5 rings (SSSR count). The van der Waals surface area contributed by atoms with Crippen LogP contribution in [0.3, 0.4) is 0 Å². The Labute approximate surface area is 264 Å². The Morgan fingerprint density at radius 1 is 1.07 bits per heavy atom. The largest absolute Gasteiger partial charge is 0.494 e. The van der Waals surface area contributed by atoms with Crippen molar-refractivity contribution in [3.8, 4) is 17.4 Å². The second-order valence-electron chi connectivity index (χ2n) is 11.3. The fraction of sp³-hybridized carbons (Fsp3) is 0.394. The quantitative estimate of drug-likeness (QED) is 0.272. The molecule has 3 aromatic rings. The molecular weight excluding hydrogens is 572 g/mol. The van der Waals surface area contributed by atoms with E-state index >= 15 is 0 Å². The minimum atomic E-state index is -0.723. The molecule has 12 nitrogen and oxygen atoms in total. The summed E-state index contributed by atoms with van der Waals surface area (Å²) in [6.07, 6.45) is 3.88. The molecule has 45 heavy (non-hydrogen) atoms. The average molecular weight is 615 g/mol. The van der Waals surface area contributed by atoms with E-state index in [2.05, 4.69) is 48.9 Å². The second-order valence-corrected chi connectivity index (χ2v) is 11.3. The Kier molecular flexibility index (Phi) is 10.2. The van der Waals surface area contributed by atoms with Gasteiger partial charge in [0.1, 0.15) is 17.2 Å². The van der Waals surface area contributed by atoms with Crippen molar-refractivity contribution in [2.75, 3.05) is 69.0 Å². The summed E-state index contributed by atoms with van der Waals surface area (Å²) in [4.78, 5) is 40.8. The zero-order valence-electron chi connectivity index (χ0n) is 26.2. The number of methoxy groups -OCH3 is 1. The first-order valence-corrected chi connectivity index (χ1v) is 15.3. The number of carbonyl (C=O) groups is 2. The van der Waals surface area contributed by atoms with Gasteiger partial charge in [-0.15, -0.1) is 0 Å². The summed E-state index contributed by atoms with van der Waals surface area (Å²) >= 11 is 0. The van der Waals surface area contributed by atoms with Crippen LogP contribution >= 0.6 is 0 Å². The molecule has 4 N–H and O–H groups in total. The van der Waals surface area contributed by atoms with Gasteiger partial charge < -0.3 is 35.6 Å². The van der Waals surface area contributed by atoms with E-state index in [1.165, 1.54) is 6.08 Å². The molecule has 1 aromatic heterocycles. The van der Waals surface area contributed by atoms with Gasteiger partial charge in [0.25, 0.3) is 5.91 Å². The average Bonchev–Trinajstić information content (AvgIpc) is 3.05. The van der Waals surface area contributed by atoms with E-state index in [-0.39, 0.29) is 23.3 Å². The third-order valence-corrected chi connectivity index (χ3v) is 8.32. The van der Waals surface area contributed by atoms with Crippen molar-refractivity contribution < 1.29 is 19.1 Å². The van der Waals surface area contributed by atoms with Crippen LogP contribution < -0.4 is 30.7 Å². The standard InChI is InChI=1S/C33H42N8O4/c1-5-26-33(45-25-9-7-8-22(20-25)35-29(42)6-2)38-32(30(36-26)31(34)43)37-27-11-10-24(21-28(27)44-4)40-14-12-23(13-15-40)41-18-16-39(3)17-19-41/h6-11,20-21,23H,2,5,12-19H2,1,3-4H3,(H2,34,43)(H,35,42)(H,37,38). The lowest BCUT2D eigenvalue weighted by molar-refractivity contribution is -0.111. The van der Waals surface area contributed by atoms with E-state index in [0.717, 1.165) is 57.8 Å². The molecule has 0 unspecified atom stereocenters. The number of hydrogen-bond donors (Lipinski definition) is 3. The zero-order valence-corrected chi connectivity index (χ0v) is 26.2. The highest BCUT2D eigenvalue weighted by Crippen LogP contribution is 2.35. The number of amides is 2. The van der Waals surface area contributed by atoms with Crippen molar-refractivity contribution in [3.05, 3.63) is 66.5 Å². The summed E-state index contributed by atoms with van der Waals surface area (Å²) in [5, 5.41) is 5.91. The molecule has 0 saturated carbocycles. The van der Waals surface area contributed by atoms with Crippen molar-refractivity contribution in [2.24, 2.45) is 5.73 Å². The van der Waals surface area contributed by atoms with Gasteiger partial charge in [-0.05, 0) is 56.7 Å². The number of primary amides is 1. The van der Waals surface area contributed by atoms with Crippen molar-refractivity contribution in [1.29, 1.82) is 0 Å². The monoisotopic (exact) mass is 614 g/mol. The normalized spacial score (nSPS) is 16.2. The number of benzene rings is 2. The summed E-state index contributed by atoms with van der Waals surface area (Å²) in [5.41, 5.74) is 8.38. The van der Waals surface area contributed by atoms with Crippen LogP contribution in [0.25, 0.3) is 0 Å². The molecule has 0 radical (unpaired) electrons. The Morgan fingerprint density at radius 3 is 2.49 bits per heavy atom. The number of carbonyl (C=O) groups excluding carboxylic acids is 2. The maximum absolute atomic E-state index is 12.4. The van der Waals surface area contributed by atoms with Gasteiger partial charge in [0.2, 0.25) is 11.8 Å². The summed E-state index contributed by atoms with van der Waals surface area (Å²) in [7, 11) is 3.80. The van der Waals surface area contributed by atoms with Gasteiger partial charge in [-0.1, -0.05) is 19.6 Å². The van der Waals surface area contributed by atoms with E-state index in [1.807, 2.05) is 25.1 Å². The van der Waals surface area contributed by atoms with Crippen molar-refractivity contribution in [2.45, 2.75) is 32.2 Å². The van der Waals surface area contributed by atoms with Crippen LogP contribution in [-0.4, -0.2) is 91.0 Å². The lowest BCUT2D eigenvalue weighted by Crippen LogP contribution is -2.52. The van der Waals surface area contributed by atoms with Crippen LogP contribution in [-0.2, 0) is 11.2 Å². The Bertz CT molecular complexity index is 1530. The van der Waals surface area contributed by atoms with E-state index in [1.54, 1.807) is 31.4 Å². The number of likely N-dealkylation sites (N-methyl/N-ethyl adjacent to an activating group) is 1. The summed E-state index contributed by atoms with van der Waals surface area (Å²) in [5.74, 6) is 0.309. The van der Waals surface area contributed by atoms with Crippen LogP contribution in [0.4, 0.5) is 22.9 Å². The topological polar surface area (TPSA) is 138 Å². The lowest BCUT2D eigenvalue weighted by Gasteiger charge is -2.42. The predicted octanol–water partition coefficient (Wildman–Crippen LogP) is 4.02. The Hall–Kier alpha value is -4.68. The van der Waals surface area contributed by atoms with Gasteiger partial charge >= 0.3 is 0 Å². The molecular formula is C33H42N8O4. The lowest BCUT2D eigenvalue weighted by atomic mass is 10.0. The number of aromatic nitrogens is 2. The number of nitrogens with one attached hydrogen (secondary N) is 2. The fourth-order valence-corrected chi connectivity index (χ4v) is 5.75. The van der Waals surface area contributed by atoms with Crippen molar-refractivity contribution in [1.82, 2.24) is 19.8 Å². The van der Waals surface area contributed by atoms with Gasteiger partial charge in [0.05, 0.1) is 12.8 Å². The molecule has 2 aliphatic heterocycles. The number of nitrogens with zero attached hydrogens (tertiary/aromatic N) is 5.